The zero-order valence-corrected chi connectivity index (χ0v) is 26.0. The molecule has 0 aliphatic carbocycles. The summed E-state index contributed by atoms with van der Waals surface area (Å²) in [7, 11) is -4.18. The van der Waals surface area contributed by atoms with E-state index in [1.54, 1.807) is 24.3 Å². The Hall–Kier alpha value is -4.06. The van der Waals surface area contributed by atoms with Gasteiger partial charge in [-0.1, -0.05) is 41.4 Å². The van der Waals surface area contributed by atoms with E-state index in [1.807, 2.05) is 6.07 Å². The third-order valence-electron chi connectivity index (χ3n) is 7.86. The van der Waals surface area contributed by atoms with Gasteiger partial charge in [-0.3, -0.25) is 19.5 Å². The summed E-state index contributed by atoms with van der Waals surface area (Å²) in [5, 5.41) is 24.6. The highest BCUT2D eigenvalue weighted by molar-refractivity contribution is 7.89. The predicted octanol–water partition coefficient (Wildman–Crippen LogP) is 3.16. The molecule has 5 rings (SSSR count). The number of carboxylic acids is 1. The summed E-state index contributed by atoms with van der Waals surface area (Å²) in [5.74, 6) is -2.57. The summed E-state index contributed by atoms with van der Waals surface area (Å²) in [6.45, 7) is 1.64. The first-order valence-electron chi connectivity index (χ1n) is 14.0. The van der Waals surface area contributed by atoms with Crippen molar-refractivity contribution in [2.24, 2.45) is 0 Å². The van der Waals surface area contributed by atoms with Crippen LogP contribution < -0.4 is 10.6 Å². The minimum atomic E-state index is -4.18. The summed E-state index contributed by atoms with van der Waals surface area (Å²) in [4.78, 5) is 44.3. The first kappa shape index (κ1) is 32.3. The number of carbonyl (C=O) groups is 3. The number of nitrogens with one attached hydrogen (secondary N) is 2. The summed E-state index contributed by atoms with van der Waals surface area (Å²) in [6, 6.07) is 11.1. The Bertz CT molecular complexity index is 1760. The lowest BCUT2D eigenvalue weighted by Gasteiger charge is -2.36. The maximum absolute atomic E-state index is 13.7. The van der Waals surface area contributed by atoms with E-state index in [-0.39, 0.29) is 51.5 Å². The molecule has 2 aliphatic rings. The largest absolute Gasteiger partial charge is 0.480 e. The number of nitriles is 1. The number of sulfonamides is 1. The molecule has 0 radical (unpaired) electrons. The average molecular weight is 672 g/mol. The summed E-state index contributed by atoms with van der Waals surface area (Å²) in [6.07, 6.45) is 3.66. The minimum absolute atomic E-state index is 0.0585. The lowest BCUT2D eigenvalue weighted by molar-refractivity contribution is -0.142. The molecule has 2 amide bonds. The average Bonchev–Trinajstić information content (AvgIpc) is 3.42. The minimum Gasteiger partial charge on any atom is -0.480 e. The molecule has 3 aromatic rings. The normalized spacial score (nSPS) is 19.2. The molecule has 3 heterocycles. The molecule has 0 saturated carbocycles. The SMILES string of the molecule is N#Cc1cccc(S(=O)(=O)N2C[C@H](N3CCC3)C[C@H]2C(=O)N[C@@H](Cc2ccc(NC(=O)c3c(Cl)cncc3Cl)cc2)C(=O)O)c1. The van der Waals surface area contributed by atoms with E-state index in [0.29, 0.717) is 11.3 Å². The molecule has 0 unspecified atom stereocenters. The maximum Gasteiger partial charge on any atom is 0.326 e. The lowest BCUT2D eigenvalue weighted by Crippen LogP contribution is -2.51. The van der Waals surface area contributed by atoms with Gasteiger partial charge in [0.25, 0.3) is 5.91 Å². The van der Waals surface area contributed by atoms with Crippen molar-refractivity contribution in [3.8, 4) is 6.07 Å². The van der Waals surface area contributed by atoms with Crippen LogP contribution in [0.2, 0.25) is 10.0 Å². The summed E-state index contributed by atoms with van der Waals surface area (Å²) < 4.78 is 28.5. The van der Waals surface area contributed by atoms with E-state index in [9.17, 15) is 33.2 Å². The van der Waals surface area contributed by atoms with Gasteiger partial charge in [-0.05, 0) is 61.8 Å². The van der Waals surface area contributed by atoms with E-state index >= 15 is 0 Å². The van der Waals surface area contributed by atoms with Crippen molar-refractivity contribution in [1.82, 2.24) is 19.5 Å². The highest BCUT2D eigenvalue weighted by atomic mass is 35.5. The maximum atomic E-state index is 13.7. The molecule has 2 fully saturated rings. The predicted molar refractivity (Wildman–Crippen MR) is 165 cm³/mol. The van der Waals surface area contributed by atoms with Crippen LogP contribution in [0.3, 0.4) is 0 Å². The molecule has 2 aliphatic heterocycles. The fourth-order valence-corrected chi connectivity index (χ4v) is 7.59. The molecule has 45 heavy (non-hydrogen) atoms. The number of aromatic nitrogens is 1. The molecule has 1 aromatic heterocycles. The highest BCUT2D eigenvalue weighted by Crippen LogP contribution is 2.31. The topological polar surface area (TPSA) is 173 Å². The van der Waals surface area contributed by atoms with Crippen molar-refractivity contribution in [3.05, 3.63) is 87.7 Å². The Labute approximate surface area is 269 Å². The molecule has 2 saturated heterocycles. The van der Waals surface area contributed by atoms with Gasteiger partial charge in [0.2, 0.25) is 15.9 Å². The van der Waals surface area contributed by atoms with Gasteiger partial charge in [0, 0.05) is 37.1 Å². The van der Waals surface area contributed by atoms with Gasteiger partial charge in [0.1, 0.15) is 12.1 Å². The number of hydrogen-bond acceptors (Lipinski definition) is 8. The molecule has 2 aromatic carbocycles. The number of likely N-dealkylation sites (tertiary alicyclic amines) is 1. The molecular formula is C30H28Cl2N6O6S. The van der Waals surface area contributed by atoms with Crippen LogP contribution in [0.5, 0.6) is 0 Å². The fourth-order valence-electron chi connectivity index (χ4n) is 5.37. The van der Waals surface area contributed by atoms with Crippen molar-refractivity contribution < 1.29 is 27.9 Å². The summed E-state index contributed by atoms with van der Waals surface area (Å²) in [5.41, 5.74) is 1.16. The zero-order valence-electron chi connectivity index (χ0n) is 23.7. The number of carbonyl (C=O) groups excluding carboxylic acids is 2. The van der Waals surface area contributed by atoms with Crippen molar-refractivity contribution >= 4 is 56.7 Å². The number of amides is 2. The first-order valence-corrected chi connectivity index (χ1v) is 16.2. The first-order chi connectivity index (χ1) is 21.5. The molecule has 3 N–H and O–H groups in total. The lowest BCUT2D eigenvalue weighted by atomic mass is 10.0. The van der Waals surface area contributed by atoms with Crippen LogP contribution in [0.15, 0.2) is 65.8 Å². The van der Waals surface area contributed by atoms with E-state index in [1.165, 1.54) is 36.7 Å². The molecule has 15 heteroatoms. The monoisotopic (exact) mass is 670 g/mol. The van der Waals surface area contributed by atoms with E-state index < -0.39 is 39.9 Å². The van der Waals surface area contributed by atoms with Gasteiger partial charge in [-0.25, -0.2) is 13.2 Å². The second kappa shape index (κ2) is 13.5. The molecule has 3 atom stereocenters. The summed E-state index contributed by atoms with van der Waals surface area (Å²) >= 11 is 12.1. The van der Waals surface area contributed by atoms with Crippen LogP contribution in [0, 0.1) is 11.3 Å². The number of hydrogen-bond donors (Lipinski definition) is 3. The van der Waals surface area contributed by atoms with Gasteiger partial charge in [-0.15, -0.1) is 0 Å². The number of carboxylic acid groups (broad SMARTS) is 1. The van der Waals surface area contributed by atoms with Crippen LogP contribution in [0.25, 0.3) is 0 Å². The number of rotatable bonds is 10. The number of benzene rings is 2. The van der Waals surface area contributed by atoms with Crippen LogP contribution in [-0.2, 0) is 26.0 Å². The number of aliphatic carboxylic acids is 1. The number of anilines is 1. The molecule has 12 nitrogen and oxygen atoms in total. The van der Waals surface area contributed by atoms with Crippen molar-refractivity contribution in [2.45, 2.75) is 42.3 Å². The van der Waals surface area contributed by atoms with Gasteiger partial charge >= 0.3 is 5.97 Å². The van der Waals surface area contributed by atoms with Gasteiger partial charge in [-0.2, -0.15) is 9.57 Å². The van der Waals surface area contributed by atoms with Crippen molar-refractivity contribution in [3.63, 3.8) is 0 Å². The van der Waals surface area contributed by atoms with Crippen LogP contribution >= 0.6 is 23.2 Å². The number of pyridine rings is 1. The third kappa shape index (κ3) is 7.11. The Kier molecular flexibility index (Phi) is 9.71. The van der Waals surface area contributed by atoms with Gasteiger partial charge in [0.05, 0.1) is 32.1 Å². The van der Waals surface area contributed by atoms with Gasteiger partial charge in [0.15, 0.2) is 0 Å². The quantitative estimate of drug-likeness (QED) is 0.293. The Morgan fingerprint density at radius 3 is 2.38 bits per heavy atom. The fraction of sp³-hybridized carbons (Fsp3) is 0.300. The standard InChI is InChI=1S/C30H28Cl2N6O6S/c31-23-15-34-16-24(32)27(23)29(40)35-20-7-5-18(6-8-20)12-25(30(41)42)36-28(39)26-13-21(37-9-2-10-37)17-38(26)45(43,44)22-4-1-3-19(11-22)14-33/h1,3-8,11,15-16,21,25-26H,2,9-10,12-13,17H2,(H,35,40)(H,36,39)(H,41,42)/t21-,25+,26+/m1/s1. The Balaban J connectivity index is 1.30. The second-order valence-electron chi connectivity index (χ2n) is 10.7. The zero-order chi connectivity index (χ0) is 32.3. The molecule has 234 valence electrons. The third-order valence-corrected chi connectivity index (χ3v) is 10.3. The van der Waals surface area contributed by atoms with E-state index in [0.717, 1.165) is 23.8 Å². The number of nitrogens with zero attached hydrogens (tertiary/aromatic N) is 4. The molecular weight excluding hydrogens is 643 g/mol. The molecule has 0 spiro atoms. The van der Waals surface area contributed by atoms with Crippen molar-refractivity contribution in [2.75, 3.05) is 25.0 Å². The van der Waals surface area contributed by atoms with Crippen LogP contribution in [0.1, 0.15) is 34.3 Å². The highest BCUT2D eigenvalue weighted by Gasteiger charge is 2.47. The Morgan fingerprint density at radius 2 is 1.78 bits per heavy atom. The van der Waals surface area contributed by atoms with Crippen LogP contribution in [0.4, 0.5) is 5.69 Å². The van der Waals surface area contributed by atoms with Crippen molar-refractivity contribution in [1.29, 1.82) is 5.26 Å². The van der Waals surface area contributed by atoms with Gasteiger partial charge < -0.3 is 15.7 Å². The smallest absolute Gasteiger partial charge is 0.326 e. The second-order valence-corrected chi connectivity index (χ2v) is 13.4. The Morgan fingerprint density at radius 1 is 1.09 bits per heavy atom. The van der Waals surface area contributed by atoms with Crippen LogP contribution in [-0.4, -0.2) is 83.3 Å². The number of halogens is 2. The molecule has 0 bridgehead atoms. The van der Waals surface area contributed by atoms with E-state index in [4.69, 9.17) is 23.2 Å². The van der Waals surface area contributed by atoms with E-state index in [2.05, 4.69) is 20.5 Å².